The molecular formula is C21H19Cl2N3O3S2. The standard InChI is InChI=1S/C21H19Cl2N3O3S2/c1-3-12-26-18-16(22)10-11-17(23)19(18)30-21(26)24-20(27)13-4-8-15(9-5-13)31(28,29)25(2)14-6-7-14/h3-5,8-11,14H,1,6-7,12H2,2H3. The Hall–Kier alpha value is -1.97. The molecule has 1 saturated carbocycles. The van der Waals surface area contributed by atoms with Crippen LogP contribution in [0, 0.1) is 0 Å². The second kappa shape index (κ2) is 8.52. The zero-order valence-corrected chi connectivity index (χ0v) is 19.7. The van der Waals surface area contributed by atoms with E-state index in [1.807, 2.05) is 0 Å². The molecule has 0 atom stereocenters. The summed E-state index contributed by atoms with van der Waals surface area (Å²) in [5.41, 5.74) is 0.975. The number of sulfonamides is 1. The van der Waals surface area contributed by atoms with Gasteiger partial charge in [-0.15, -0.1) is 6.58 Å². The van der Waals surface area contributed by atoms with Crippen molar-refractivity contribution >= 4 is 60.7 Å². The minimum Gasteiger partial charge on any atom is -0.311 e. The highest BCUT2D eigenvalue weighted by Gasteiger charge is 2.35. The van der Waals surface area contributed by atoms with Gasteiger partial charge in [0.1, 0.15) is 0 Å². The number of hydrogen-bond acceptors (Lipinski definition) is 4. The number of nitrogens with zero attached hydrogens (tertiary/aromatic N) is 3. The molecule has 4 rings (SSSR count). The molecule has 1 aromatic heterocycles. The van der Waals surface area contributed by atoms with Crippen molar-refractivity contribution in [3.05, 3.63) is 69.5 Å². The molecular weight excluding hydrogens is 477 g/mol. The average molecular weight is 496 g/mol. The maximum Gasteiger partial charge on any atom is 0.279 e. The van der Waals surface area contributed by atoms with Crippen molar-refractivity contribution < 1.29 is 13.2 Å². The number of thiazole rings is 1. The molecule has 0 saturated heterocycles. The lowest BCUT2D eigenvalue weighted by Gasteiger charge is -2.16. The SMILES string of the molecule is C=CCn1c(=NC(=O)c2ccc(S(=O)(=O)N(C)C3CC3)cc2)sc2c(Cl)ccc(Cl)c21. The molecule has 10 heteroatoms. The van der Waals surface area contributed by atoms with E-state index in [-0.39, 0.29) is 16.5 Å². The fraction of sp³-hybridized carbons (Fsp3) is 0.238. The molecule has 3 aromatic rings. The lowest BCUT2D eigenvalue weighted by Crippen LogP contribution is -2.28. The van der Waals surface area contributed by atoms with Gasteiger partial charge >= 0.3 is 0 Å². The largest absolute Gasteiger partial charge is 0.311 e. The molecule has 0 radical (unpaired) electrons. The molecule has 2 aromatic carbocycles. The smallest absolute Gasteiger partial charge is 0.279 e. The van der Waals surface area contributed by atoms with Crippen LogP contribution in [0.2, 0.25) is 10.0 Å². The van der Waals surface area contributed by atoms with E-state index >= 15 is 0 Å². The van der Waals surface area contributed by atoms with Crippen LogP contribution < -0.4 is 4.80 Å². The van der Waals surface area contributed by atoms with Gasteiger partial charge in [-0.05, 0) is 49.2 Å². The molecule has 1 aliphatic carbocycles. The summed E-state index contributed by atoms with van der Waals surface area (Å²) in [4.78, 5) is 17.6. The minimum atomic E-state index is -3.57. The van der Waals surface area contributed by atoms with Crippen LogP contribution in [0.1, 0.15) is 23.2 Å². The zero-order chi connectivity index (χ0) is 22.3. The maximum atomic E-state index is 12.8. The number of amides is 1. The van der Waals surface area contributed by atoms with Gasteiger partial charge in [-0.2, -0.15) is 9.30 Å². The van der Waals surface area contributed by atoms with Gasteiger partial charge in [0, 0.05) is 25.2 Å². The van der Waals surface area contributed by atoms with E-state index in [9.17, 15) is 13.2 Å². The lowest BCUT2D eigenvalue weighted by molar-refractivity contribution is 0.0998. The Labute approximate surface area is 194 Å². The number of rotatable bonds is 6. The van der Waals surface area contributed by atoms with E-state index in [4.69, 9.17) is 23.2 Å². The number of fused-ring (bicyclic) bond motifs is 1. The Kier molecular flexibility index (Phi) is 6.11. The van der Waals surface area contributed by atoms with Gasteiger partial charge in [0.15, 0.2) is 4.80 Å². The predicted octanol–water partition coefficient (Wildman–Crippen LogP) is 4.72. The highest BCUT2D eigenvalue weighted by atomic mass is 35.5. The predicted molar refractivity (Wildman–Crippen MR) is 124 cm³/mol. The first-order valence-corrected chi connectivity index (χ1v) is 12.5. The first-order valence-electron chi connectivity index (χ1n) is 9.49. The van der Waals surface area contributed by atoms with Gasteiger partial charge in [-0.25, -0.2) is 8.42 Å². The topological polar surface area (TPSA) is 71.7 Å². The molecule has 1 fully saturated rings. The fourth-order valence-electron chi connectivity index (χ4n) is 3.22. The minimum absolute atomic E-state index is 0.0632. The van der Waals surface area contributed by atoms with Crippen LogP contribution in [-0.4, -0.2) is 36.3 Å². The van der Waals surface area contributed by atoms with E-state index in [0.29, 0.717) is 26.9 Å². The number of benzene rings is 2. The van der Waals surface area contributed by atoms with Gasteiger partial charge in [-0.3, -0.25) is 4.79 Å². The first-order chi connectivity index (χ1) is 14.7. The van der Waals surface area contributed by atoms with Crippen LogP contribution in [0.15, 0.2) is 58.9 Å². The summed E-state index contributed by atoms with van der Waals surface area (Å²) in [7, 11) is -1.99. The third kappa shape index (κ3) is 4.23. The van der Waals surface area contributed by atoms with Crippen LogP contribution >= 0.6 is 34.5 Å². The number of halogens is 2. The van der Waals surface area contributed by atoms with Crippen LogP contribution in [0.5, 0.6) is 0 Å². The van der Waals surface area contributed by atoms with Crippen LogP contribution in [0.3, 0.4) is 0 Å². The number of carbonyl (C=O) groups excluding carboxylic acids is 1. The maximum absolute atomic E-state index is 12.8. The molecule has 31 heavy (non-hydrogen) atoms. The van der Waals surface area contributed by atoms with Gasteiger partial charge in [-0.1, -0.05) is 40.6 Å². The van der Waals surface area contributed by atoms with Crippen molar-refractivity contribution in [1.29, 1.82) is 0 Å². The highest BCUT2D eigenvalue weighted by molar-refractivity contribution is 7.89. The van der Waals surface area contributed by atoms with E-state index < -0.39 is 15.9 Å². The normalized spacial score (nSPS) is 15.0. The van der Waals surface area contributed by atoms with Gasteiger partial charge in [0.05, 0.1) is 25.2 Å². The number of carbonyl (C=O) groups is 1. The van der Waals surface area contributed by atoms with Crippen molar-refractivity contribution in [2.75, 3.05) is 7.05 Å². The number of hydrogen-bond donors (Lipinski definition) is 0. The van der Waals surface area contributed by atoms with Crippen LogP contribution in [0.25, 0.3) is 10.2 Å². The molecule has 1 amide bonds. The summed E-state index contributed by atoms with van der Waals surface area (Å²) in [5, 5.41) is 1.02. The van der Waals surface area contributed by atoms with Crippen molar-refractivity contribution in [2.24, 2.45) is 4.99 Å². The van der Waals surface area contributed by atoms with E-state index in [1.54, 1.807) is 29.8 Å². The Morgan fingerprint density at radius 1 is 1.23 bits per heavy atom. The van der Waals surface area contributed by atoms with Crippen molar-refractivity contribution in [2.45, 2.75) is 30.3 Å². The Balaban J connectivity index is 1.71. The van der Waals surface area contributed by atoms with Crippen LogP contribution in [0.4, 0.5) is 0 Å². The second-order valence-electron chi connectivity index (χ2n) is 7.18. The first kappa shape index (κ1) is 22.2. The molecule has 0 spiro atoms. The van der Waals surface area contributed by atoms with Crippen LogP contribution in [-0.2, 0) is 16.6 Å². The van der Waals surface area contributed by atoms with Crippen molar-refractivity contribution in [3.63, 3.8) is 0 Å². The van der Waals surface area contributed by atoms with Crippen molar-refractivity contribution in [1.82, 2.24) is 8.87 Å². The molecule has 0 aliphatic heterocycles. The van der Waals surface area contributed by atoms with Crippen molar-refractivity contribution in [3.8, 4) is 0 Å². The molecule has 0 N–H and O–H groups in total. The van der Waals surface area contributed by atoms with Gasteiger partial charge in [0.2, 0.25) is 10.0 Å². The molecule has 6 nitrogen and oxygen atoms in total. The average Bonchev–Trinajstić information content (AvgIpc) is 3.54. The summed E-state index contributed by atoms with van der Waals surface area (Å²) >= 11 is 13.9. The fourth-order valence-corrected chi connectivity index (χ4v) is 6.29. The van der Waals surface area contributed by atoms with E-state index in [2.05, 4.69) is 11.6 Å². The Morgan fingerprint density at radius 3 is 2.48 bits per heavy atom. The summed E-state index contributed by atoms with van der Waals surface area (Å²) in [5.74, 6) is -0.490. The monoisotopic (exact) mass is 495 g/mol. The third-order valence-corrected chi connectivity index (χ3v) is 8.84. The lowest BCUT2D eigenvalue weighted by atomic mass is 10.2. The number of aromatic nitrogens is 1. The van der Waals surface area contributed by atoms with E-state index in [0.717, 1.165) is 17.5 Å². The summed E-state index contributed by atoms with van der Waals surface area (Å²) in [6, 6.07) is 9.29. The molecule has 1 heterocycles. The molecule has 1 aliphatic rings. The summed E-state index contributed by atoms with van der Waals surface area (Å²) < 4.78 is 29.2. The number of allylic oxidation sites excluding steroid dienone is 1. The Morgan fingerprint density at radius 2 is 1.87 bits per heavy atom. The van der Waals surface area contributed by atoms with Gasteiger partial charge in [0.25, 0.3) is 5.91 Å². The highest BCUT2D eigenvalue weighted by Crippen LogP contribution is 2.32. The zero-order valence-electron chi connectivity index (χ0n) is 16.6. The molecule has 0 bridgehead atoms. The van der Waals surface area contributed by atoms with E-state index in [1.165, 1.54) is 39.9 Å². The molecule has 162 valence electrons. The summed E-state index contributed by atoms with van der Waals surface area (Å²) in [6.45, 7) is 4.16. The Bertz CT molecular complexity index is 1360. The quantitative estimate of drug-likeness (QED) is 0.464. The third-order valence-electron chi connectivity index (χ3n) is 5.08. The second-order valence-corrected chi connectivity index (χ2v) is 11.0. The molecule has 0 unspecified atom stereocenters. The van der Waals surface area contributed by atoms with Gasteiger partial charge < -0.3 is 4.57 Å². The summed E-state index contributed by atoms with van der Waals surface area (Å²) in [6.07, 6.45) is 3.43.